The quantitative estimate of drug-likeness (QED) is 0.679. The standard InChI is InChI=1S/C21H25N5/c1-5-23-20-25-18(15-7-6-12-22-14-15)13-19(26-20)24-17-10-8-16(9-11-17)21(2,3)4/h6-14H,5H2,1-4H3,(H2,23,24,25,26). The van der Waals surface area contributed by atoms with Crippen molar-refractivity contribution in [2.45, 2.75) is 33.1 Å². The summed E-state index contributed by atoms with van der Waals surface area (Å²) in [5.74, 6) is 1.35. The summed E-state index contributed by atoms with van der Waals surface area (Å²) in [4.78, 5) is 13.3. The Bertz CT molecular complexity index is 852. The van der Waals surface area contributed by atoms with E-state index in [0.29, 0.717) is 5.95 Å². The lowest BCUT2D eigenvalue weighted by Crippen LogP contribution is -2.10. The van der Waals surface area contributed by atoms with E-state index in [-0.39, 0.29) is 5.41 Å². The van der Waals surface area contributed by atoms with Gasteiger partial charge in [-0.05, 0) is 42.2 Å². The topological polar surface area (TPSA) is 62.7 Å². The third kappa shape index (κ3) is 4.36. The number of hydrogen-bond acceptors (Lipinski definition) is 5. The number of pyridine rings is 1. The lowest BCUT2D eigenvalue weighted by atomic mass is 9.87. The van der Waals surface area contributed by atoms with Crippen LogP contribution in [0, 0.1) is 0 Å². The highest BCUT2D eigenvalue weighted by Gasteiger charge is 2.13. The van der Waals surface area contributed by atoms with Crippen LogP contribution in [0.4, 0.5) is 17.5 Å². The molecule has 0 saturated heterocycles. The molecule has 0 radical (unpaired) electrons. The molecule has 1 aromatic carbocycles. The average Bonchev–Trinajstić information content (AvgIpc) is 2.62. The number of nitrogens with zero attached hydrogens (tertiary/aromatic N) is 3. The van der Waals surface area contributed by atoms with Gasteiger partial charge < -0.3 is 10.6 Å². The molecular formula is C21H25N5. The zero-order valence-corrected chi connectivity index (χ0v) is 15.7. The fraction of sp³-hybridized carbons (Fsp3) is 0.286. The maximum absolute atomic E-state index is 4.58. The Balaban J connectivity index is 1.90. The third-order valence-electron chi connectivity index (χ3n) is 4.04. The summed E-state index contributed by atoms with van der Waals surface area (Å²) in [6.45, 7) is 9.42. The third-order valence-corrected chi connectivity index (χ3v) is 4.04. The molecule has 5 nitrogen and oxygen atoms in total. The van der Waals surface area contributed by atoms with Gasteiger partial charge in [0, 0.05) is 36.3 Å². The van der Waals surface area contributed by atoms with E-state index in [1.807, 2.05) is 25.1 Å². The summed E-state index contributed by atoms with van der Waals surface area (Å²) in [6, 6.07) is 14.3. The molecular weight excluding hydrogens is 322 g/mol. The molecule has 0 aliphatic carbocycles. The van der Waals surface area contributed by atoms with Gasteiger partial charge in [0.1, 0.15) is 5.82 Å². The van der Waals surface area contributed by atoms with Gasteiger partial charge in [0.2, 0.25) is 5.95 Å². The van der Waals surface area contributed by atoms with E-state index in [1.165, 1.54) is 5.56 Å². The van der Waals surface area contributed by atoms with Crippen molar-refractivity contribution in [2.75, 3.05) is 17.2 Å². The molecule has 3 rings (SSSR count). The predicted octanol–water partition coefficient (Wildman–Crippen LogP) is 5.01. The Hall–Kier alpha value is -2.95. The maximum Gasteiger partial charge on any atom is 0.225 e. The van der Waals surface area contributed by atoms with Gasteiger partial charge in [-0.3, -0.25) is 4.98 Å². The number of nitrogens with one attached hydrogen (secondary N) is 2. The van der Waals surface area contributed by atoms with Crippen molar-refractivity contribution in [3.05, 3.63) is 60.4 Å². The molecule has 0 unspecified atom stereocenters. The van der Waals surface area contributed by atoms with Gasteiger partial charge in [-0.15, -0.1) is 0 Å². The lowest BCUT2D eigenvalue weighted by molar-refractivity contribution is 0.590. The van der Waals surface area contributed by atoms with Gasteiger partial charge in [-0.2, -0.15) is 4.98 Å². The van der Waals surface area contributed by atoms with Crippen LogP contribution < -0.4 is 10.6 Å². The van der Waals surface area contributed by atoms with Crippen LogP contribution in [-0.2, 0) is 5.41 Å². The van der Waals surface area contributed by atoms with Gasteiger partial charge in [0.05, 0.1) is 5.69 Å². The van der Waals surface area contributed by atoms with Gasteiger partial charge in [-0.25, -0.2) is 4.98 Å². The van der Waals surface area contributed by atoms with Gasteiger partial charge in [0.25, 0.3) is 0 Å². The fourth-order valence-corrected chi connectivity index (χ4v) is 2.61. The Morgan fingerprint density at radius 1 is 1.00 bits per heavy atom. The Kier molecular flexibility index (Phi) is 5.16. The van der Waals surface area contributed by atoms with E-state index in [2.05, 4.69) is 70.6 Å². The first-order valence-electron chi connectivity index (χ1n) is 8.86. The van der Waals surface area contributed by atoms with E-state index in [0.717, 1.165) is 29.3 Å². The van der Waals surface area contributed by atoms with E-state index in [9.17, 15) is 0 Å². The number of aromatic nitrogens is 3. The smallest absolute Gasteiger partial charge is 0.225 e. The molecule has 3 aromatic rings. The fourth-order valence-electron chi connectivity index (χ4n) is 2.61. The molecule has 0 fully saturated rings. The second-order valence-corrected chi connectivity index (χ2v) is 7.19. The van der Waals surface area contributed by atoms with Crippen LogP contribution in [-0.4, -0.2) is 21.5 Å². The molecule has 0 atom stereocenters. The van der Waals surface area contributed by atoms with Crippen molar-refractivity contribution in [3.8, 4) is 11.3 Å². The summed E-state index contributed by atoms with van der Waals surface area (Å²) >= 11 is 0. The van der Waals surface area contributed by atoms with Crippen molar-refractivity contribution in [2.24, 2.45) is 0 Å². The summed E-state index contributed by atoms with van der Waals surface area (Å²) in [7, 11) is 0. The second kappa shape index (κ2) is 7.52. The largest absolute Gasteiger partial charge is 0.354 e. The van der Waals surface area contributed by atoms with Crippen molar-refractivity contribution in [3.63, 3.8) is 0 Å². The number of rotatable bonds is 5. The van der Waals surface area contributed by atoms with Crippen molar-refractivity contribution in [1.29, 1.82) is 0 Å². The first-order valence-corrected chi connectivity index (χ1v) is 8.86. The normalized spacial score (nSPS) is 11.2. The Morgan fingerprint density at radius 2 is 1.77 bits per heavy atom. The number of benzene rings is 1. The molecule has 5 heteroatoms. The van der Waals surface area contributed by atoms with Crippen LogP contribution in [0.3, 0.4) is 0 Å². The molecule has 134 valence electrons. The van der Waals surface area contributed by atoms with E-state index in [4.69, 9.17) is 0 Å². The van der Waals surface area contributed by atoms with Gasteiger partial charge in [-0.1, -0.05) is 32.9 Å². The number of hydrogen-bond donors (Lipinski definition) is 2. The van der Waals surface area contributed by atoms with Crippen LogP contribution >= 0.6 is 0 Å². The minimum absolute atomic E-state index is 0.138. The molecule has 2 heterocycles. The predicted molar refractivity (Wildman–Crippen MR) is 108 cm³/mol. The molecule has 0 saturated carbocycles. The highest BCUT2D eigenvalue weighted by molar-refractivity contribution is 5.67. The minimum atomic E-state index is 0.138. The zero-order valence-electron chi connectivity index (χ0n) is 15.7. The molecule has 0 amide bonds. The first-order chi connectivity index (χ1) is 12.5. The van der Waals surface area contributed by atoms with Gasteiger partial charge in [0.15, 0.2) is 0 Å². The molecule has 0 aliphatic heterocycles. The number of anilines is 3. The van der Waals surface area contributed by atoms with E-state index < -0.39 is 0 Å². The van der Waals surface area contributed by atoms with Crippen LogP contribution in [0.1, 0.15) is 33.3 Å². The molecule has 26 heavy (non-hydrogen) atoms. The summed E-state index contributed by atoms with van der Waals surface area (Å²) in [5.41, 5.74) is 4.23. The van der Waals surface area contributed by atoms with Crippen molar-refractivity contribution in [1.82, 2.24) is 15.0 Å². The lowest BCUT2D eigenvalue weighted by Gasteiger charge is -2.19. The van der Waals surface area contributed by atoms with Crippen LogP contribution in [0.25, 0.3) is 11.3 Å². The van der Waals surface area contributed by atoms with Crippen LogP contribution in [0.15, 0.2) is 54.9 Å². The van der Waals surface area contributed by atoms with Crippen molar-refractivity contribution >= 4 is 17.5 Å². The van der Waals surface area contributed by atoms with Crippen LogP contribution in [0.2, 0.25) is 0 Å². The van der Waals surface area contributed by atoms with E-state index >= 15 is 0 Å². The molecule has 0 spiro atoms. The summed E-state index contributed by atoms with van der Waals surface area (Å²) in [5, 5.41) is 6.57. The van der Waals surface area contributed by atoms with Crippen molar-refractivity contribution < 1.29 is 0 Å². The zero-order chi connectivity index (χ0) is 18.6. The van der Waals surface area contributed by atoms with E-state index in [1.54, 1.807) is 12.4 Å². The van der Waals surface area contributed by atoms with Gasteiger partial charge >= 0.3 is 0 Å². The average molecular weight is 347 g/mol. The molecule has 2 N–H and O–H groups in total. The Labute approximate surface area is 154 Å². The SMILES string of the molecule is CCNc1nc(Nc2ccc(C(C)(C)C)cc2)cc(-c2cccnc2)n1. The highest BCUT2D eigenvalue weighted by atomic mass is 15.1. The second-order valence-electron chi connectivity index (χ2n) is 7.19. The molecule has 2 aromatic heterocycles. The summed E-state index contributed by atoms with van der Waals surface area (Å²) in [6.07, 6.45) is 3.56. The first kappa shape index (κ1) is 17.9. The van der Waals surface area contributed by atoms with Crippen LogP contribution in [0.5, 0.6) is 0 Å². The molecule has 0 bridgehead atoms. The maximum atomic E-state index is 4.58. The minimum Gasteiger partial charge on any atom is -0.354 e. The molecule has 0 aliphatic rings. The summed E-state index contributed by atoms with van der Waals surface area (Å²) < 4.78 is 0. The highest BCUT2D eigenvalue weighted by Crippen LogP contribution is 2.26. The Morgan fingerprint density at radius 3 is 2.38 bits per heavy atom. The monoisotopic (exact) mass is 347 g/mol.